The van der Waals surface area contributed by atoms with Crippen LogP contribution in [0.25, 0.3) is 0 Å². The fourth-order valence-electron chi connectivity index (χ4n) is 1.96. The molecule has 0 aromatic heterocycles. The fraction of sp³-hybridized carbons (Fsp3) is 0.526. The smallest absolute Gasteiger partial charge is 0.408 e. The van der Waals surface area contributed by atoms with Gasteiger partial charge < -0.3 is 30.0 Å². The predicted molar refractivity (Wildman–Crippen MR) is 101 cm³/mol. The number of ether oxygens (including phenoxy) is 3. The molecule has 9 heteroatoms. The second-order valence-electron chi connectivity index (χ2n) is 6.95. The van der Waals surface area contributed by atoms with Gasteiger partial charge in [-0.15, -0.1) is 0 Å². The van der Waals surface area contributed by atoms with Crippen LogP contribution in [0.5, 0.6) is 0 Å². The summed E-state index contributed by atoms with van der Waals surface area (Å²) in [6.07, 6.45) is -0.908. The number of carboxylic acids is 1. The molecule has 1 atom stereocenters. The number of rotatable bonds is 10. The van der Waals surface area contributed by atoms with Crippen molar-refractivity contribution in [1.29, 1.82) is 0 Å². The molecular formula is C19H28N2O7. The van der Waals surface area contributed by atoms with E-state index < -0.39 is 29.8 Å². The maximum absolute atomic E-state index is 11.7. The van der Waals surface area contributed by atoms with Gasteiger partial charge in [-0.3, -0.25) is 0 Å². The van der Waals surface area contributed by atoms with Gasteiger partial charge in [0.25, 0.3) is 0 Å². The van der Waals surface area contributed by atoms with Crippen molar-refractivity contribution in [1.82, 2.24) is 10.6 Å². The molecule has 0 heterocycles. The van der Waals surface area contributed by atoms with Gasteiger partial charge >= 0.3 is 18.2 Å². The molecule has 2 amide bonds. The highest BCUT2D eigenvalue weighted by atomic mass is 16.6. The van der Waals surface area contributed by atoms with Crippen molar-refractivity contribution in [2.45, 2.75) is 45.4 Å². The number of alkyl carbamates (subject to hydrolysis) is 2. The third-order valence-electron chi connectivity index (χ3n) is 3.22. The fourth-order valence-corrected chi connectivity index (χ4v) is 1.96. The number of benzene rings is 1. The van der Waals surface area contributed by atoms with Crippen LogP contribution in [-0.2, 0) is 25.6 Å². The first-order valence-electron chi connectivity index (χ1n) is 8.92. The molecule has 0 saturated carbocycles. The van der Waals surface area contributed by atoms with Crippen LogP contribution in [0.4, 0.5) is 9.59 Å². The normalized spacial score (nSPS) is 12.0. The predicted octanol–water partition coefficient (Wildman–Crippen LogP) is 2.30. The summed E-state index contributed by atoms with van der Waals surface area (Å²) >= 11 is 0. The first-order chi connectivity index (χ1) is 13.2. The maximum Gasteiger partial charge on any atom is 0.408 e. The topological polar surface area (TPSA) is 123 Å². The van der Waals surface area contributed by atoms with Crippen molar-refractivity contribution >= 4 is 18.2 Å². The van der Waals surface area contributed by atoms with Crippen LogP contribution in [0.1, 0.15) is 32.8 Å². The quantitative estimate of drug-likeness (QED) is 0.519. The standard InChI is InChI=1S/C19H28N2O7/c1-19(2,3)28-17(24)20-10-7-11-26-13-15(16(22)23)21-18(25)27-12-14-8-5-4-6-9-14/h4-6,8-9,15H,7,10-13H2,1-3H3,(H,20,24)(H,21,25)(H,22,23)/t15-/m0/s1. The molecule has 156 valence electrons. The summed E-state index contributed by atoms with van der Waals surface area (Å²) in [4.78, 5) is 34.4. The van der Waals surface area contributed by atoms with Gasteiger partial charge in [-0.2, -0.15) is 0 Å². The number of hydrogen-bond acceptors (Lipinski definition) is 6. The van der Waals surface area contributed by atoms with Crippen LogP contribution >= 0.6 is 0 Å². The Morgan fingerprint density at radius 3 is 2.39 bits per heavy atom. The van der Waals surface area contributed by atoms with Crippen LogP contribution < -0.4 is 10.6 Å². The lowest BCUT2D eigenvalue weighted by Crippen LogP contribution is -2.44. The third kappa shape index (κ3) is 11.0. The number of amides is 2. The summed E-state index contributed by atoms with van der Waals surface area (Å²) in [5, 5.41) is 14.0. The number of carboxylic acid groups (broad SMARTS) is 1. The third-order valence-corrected chi connectivity index (χ3v) is 3.22. The zero-order chi connectivity index (χ0) is 21.0. The molecule has 28 heavy (non-hydrogen) atoms. The van der Waals surface area contributed by atoms with E-state index in [1.54, 1.807) is 32.9 Å². The Bertz CT molecular complexity index is 629. The Kier molecular flexibility index (Phi) is 9.80. The molecule has 0 aliphatic heterocycles. The maximum atomic E-state index is 11.7. The zero-order valence-electron chi connectivity index (χ0n) is 16.4. The first-order valence-corrected chi connectivity index (χ1v) is 8.92. The van der Waals surface area contributed by atoms with E-state index in [1.165, 1.54) is 0 Å². The molecule has 0 aliphatic rings. The van der Waals surface area contributed by atoms with Crippen LogP contribution in [-0.4, -0.2) is 54.7 Å². The Balaban J connectivity index is 2.21. The molecule has 3 N–H and O–H groups in total. The zero-order valence-corrected chi connectivity index (χ0v) is 16.4. The van der Waals surface area contributed by atoms with E-state index in [0.717, 1.165) is 5.56 Å². The van der Waals surface area contributed by atoms with E-state index in [4.69, 9.17) is 19.3 Å². The lowest BCUT2D eigenvalue weighted by atomic mass is 10.2. The minimum atomic E-state index is -1.23. The van der Waals surface area contributed by atoms with Gasteiger partial charge in [0.1, 0.15) is 12.2 Å². The van der Waals surface area contributed by atoms with Crippen molar-refractivity contribution in [2.75, 3.05) is 19.8 Å². The molecule has 1 aromatic rings. The SMILES string of the molecule is CC(C)(C)OC(=O)NCCCOC[C@H](NC(=O)OCc1ccccc1)C(=O)O. The Labute approximate surface area is 164 Å². The molecule has 0 fully saturated rings. The van der Waals surface area contributed by atoms with Crippen LogP contribution in [0, 0.1) is 0 Å². The van der Waals surface area contributed by atoms with Crippen LogP contribution in [0.2, 0.25) is 0 Å². The number of carbonyl (C=O) groups excluding carboxylic acids is 2. The molecule has 0 aliphatic carbocycles. The van der Waals surface area contributed by atoms with Gasteiger partial charge in [0.15, 0.2) is 6.04 Å². The largest absolute Gasteiger partial charge is 0.480 e. The molecule has 0 spiro atoms. The second-order valence-corrected chi connectivity index (χ2v) is 6.95. The van der Waals surface area contributed by atoms with Gasteiger partial charge in [-0.1, -0.05) is 30.3 Å². The molecule has 0 unspecified atom stereocenters. The van der Waals surface area contributed by atoms with Crippen molar-refractivity contribution in [3.63, 3.8) is 0 Å². The summed E-state index contributed by atoms with van der Waals surface area (Å²) in [5.74, 6) is -1.23. The Morgan fingerprint density at radius 2 is 1.79 bits per heavy atom. The van der Waals surface area contributed by atoms with Crippen molar-refractivity contribution in [2.24, 2.45) is 0 Å². The van der Waals surface area contributed by atoms with E-state index in [1.807, 2.05) is 18.2 Å². The number of hydrogen-bond donors (Lipinski definition) is 3. The van der Waals surface area contributed by atoms with Crippen LogP contribution in [0.3, 0.4) is 0 Å². The minimum Gasteiger partial charge on any atom is -0.480 e. The van der Waals surface area contributed by atoms with E-state index in [-0.39, 0.29) is 19.8 Å². The summed E-state index contributed by atoms with van der Waals surface area (Å²) in [6.45, 7) is 5.64. The average Bonchev–Trinajstić information content (AvgIpc) is 2.61. The molecule has 1 aromatic carbocycles. The minimum absolute atomic E-state index is 0.0379. The van der Waals surface area contributed by atoms with Crippen LogP contribution in [0.15, 0.2) is 30.3 Å². The highest BCUT2D eigenvalue weighted by Gasteiger charge is 2.21. The van der Waals surface area contributed by atoms with E-state index in [0.29, 0.717) is 13.0 Å². The highest BCUT2D eigenvalue weighted by Crippen LogP contribution is 2.06. The number of nitrogens with one attached hydrogen (secondary N) is 2. The van der Waals surface area contributed by atoms with Gasteiger partial charge in [-0.25, -0.2) is 14.4 Å². The van der Waals surface area contributed by atoms with Crippen molar-refractivity contribution < 1.29 is 33.7 Å². The summed E-state index contributed by atoms with van der Waals surface area (Å²) in [7, 11) is 0. The Morgan fingerprint density at radius 1 is 1.11 bits per heavy atom. The molecular weight excluding hydrogens is 368 g/mol. The monoisotopic (exact) mass is 396 g/mol. The van der Waals surface area contributed by atoms with Gasteiger partial charge in [0.05, 0.1) is 6.61 Å². The molecule has 9 nitrogen and oxygen atoms in total. The van der Waals surface area contributed by atoms with E-state index in [2.05, 4.69) is 10.6 Å². The average molecular weight is 396 g/mol. The van der Waals surface area contributed by atoms with Gasteiger partial charge in [0, 0.05) is 13.2 Å². The lowest BCUT2D eigenvalue weighted by molar-refractivity contribution is -0.141. The molecule has 0 saturated heterocycles. The number of aliphatic carboxylic acids is 1. The summed E-state index contributed by atoms with van der Waals surface area (Å²) in [6, 6.07) is 7.80. The van der Waals surface area contributed by atoms with Crippen molar-refractivity contribution in [3.8, 4) is 0 Å². The number of carbonyl (C=O) groups is 3. The molecule has 0 bridgehead atoms. The van der Waals surface area contributed by atoms with Gasteiger partial charge in [-0.05, 0) is 32.8 Å². The summed E-state index contributed by atoms with van der Waals surface area (Å²) < 4.78 is 15.3. The second kappa shape index (κ2) is 11.8. The summed E-state index contributed by atoms with van der Waals surface area (Å²) in [5.41, 5.74) is 0.217. The Hall–Kier alpha value is -2.81. The van der Waals surface area contributed by atoms with Crippen molar-refractivity contribution in [3.05, 3.63) is 35.9 Å². The lowest BCUT2D eigenvalue weighted by Gasteiger charge is -2.19. The molecule has 0 radical (unpaired) electrons. The first kappa shape index (κ1) is 23.2. The van der Waals surface area contributed by atoms with E-state index >= 15 is 0 Å². The molecule has 1 rings (SSSR count). The van der Waals surface area contributed by atoms with Gasteiger partial charge in [0.2, 0.25) is 0 Å². The highest BCUT2D eigenvalue weighted by molar-refractivity contribution is 5.80. The van der Waals surface area contributed by atoms with E-state index in [9.17, 15) is 14.4 Å².